The fourth-order valence-corrected chi connectivity index (χ4v) is 4.85. The van der Waals surface area contributed by atoms with Crippen molar-refractivity contribution in [3.8, 4) is 5.75 Å². The van der Waals surface area contributed by atoms with E-state index in [4.69, 9.17) is 4.74 Å². The third-order valence-electron chi connectivity index (χ3n) is 6.88. The average molecular weight is 463 g/mol. The molecule has 0 unspecified atom stereocenters. The van der Waals surface area contributed by atoms with Crippen molar-refractivity contribution in [2.24, 2.45) is 0 Å². The summed E-state index contributed by atoms with van der Waals surface area (Å²) in [6.45, 7) is 4.32. The van der Waals surface area contributed by atoms with Crippen LogP contribution in [0.4, 0.5) is 14.5 Å². The zero-order chi connectivity index (χ0) is 23.6. The predicted molar refractivity (Wildman–Crippen MR) is 121 cm³/mol. The first-order valence-electron chi connectivity index (χ1n) is 11.4. The van der Waals surface area contributed by atoms with Gasteiger partial charge < -0.3 is 25.0 Å². The third kappa shape index (κ3) is 5.46. The van der Waals surface area contributed by atoms with Gasteiger partial charge in [0.2, 0.25) is 0 Å². The number of para-hydroxylation sites is 1. The highest BCUT2D eigenvalue weighted by Gasteiger charge is 2.44. The quantitative estimate of drug-likeness (QED) is 0.613. The maximum atomic E-state index is 13.4. The first-order chi connectivity index (χ1) is 15.7. The minimum atomic E-state index is -1.58. The summed E-state index contributed by atoms with van der Waals surface area (Å²) < 4.78 is 32.0. The van der Waals surface area contributed by atoms with Crippen LogP contribution in [-0.2, 0) is 0 Å². The Kier molecular flexibility index (Phi) is 6.91. The van der Waals surface area contributed by atoms with Gasteiger partial charge in [-0.1, -0.05) is 18.2 Å². The number of benzene rings is 2. The number of nitrogens with zero attached hydrogens (tertiary/aromatic N) is 2. The van der Waals surface area contributed by atoms with Crippen LogP contribution < -0.4 is 9.64 Å². The van der Waals surface area contributed by atoms with Crippen LogP contribution in [0.3, 0.4) is 0 Å². The number of anilines is 1. The van der Waals surface area contributed by atoms with Gasteiger partial charge in [-0.15, -0.1) is 0 Å². The lowest BCUT2D eigenvalue weighted by molar-refractivity contribution is -0.149. The summed E-state index contributed by atoms with van der Waals surface area (Å²) in [5.41, 5.74) is -0.0755. The molecule has 2 atom stereocenters. The molecule has 0 bridgehead atoms. The Labute approximate surface area is 193 Å². The van der Waals surface area contributed by atoms with Crippen molar-refractivity contribution in [2.45, 2.75) is 43.5 Å². The van der Waals surface area contributed by atoms with E-state index in [1.807, 2.05) is 17.0 Å². The van der Waals surface area contributed by atoms with Gasteiger partial charge in [-0.05, 0) is 49.9 Å². The highest BCUT2D eigenvalue weighted by atomic mass is 19.2. The van der Waals surface area contributed by atoms with E-state index in [0.717, 1.165) is 25.2 Å². The molecule has 0 aliphatic carbocycles. The topological polar surface area (TPSA) is 76.4 Å². The van der Waals surface area contributed by atoms with E-state index in [0.29, 0.717) is 32.4 Å². The molecule has 0 amide bonds. The average Bonchev–Trinajstić information content (AvgIpc) is 2.78. The van der Waals surface area contributed by atoms with Gasteiger partial charge in [0.25, 0.3) is 0 Å². The highest BCUT2D eigenvalue weighted by Crippen LogP contribution is 2.31. The lowest BCUT2D eigenvalue weighted by Gasteiger charge is -2.47. The number of aliphatic hydroxyl groups excluding tert-OH is 1. The van der Waals surface area contributed by atoms with Crippen LogP contribution in [0.25, 0.3) is 0 Å². The summed E-state index contributed by atoms with van der Waals surface area (Å²) in [6.07, 6.45) is 0.508. The first kappa shape index (κ1) is 23.9. The second-order valence-corrected chi connectivity index (χ2v) is 9.48. The van der Waals surface area contributed by atoms with Gasteiger partial charge in [-0.2, -0.15) is 0 Å². The van der Waals surface area contributed by atoms with Crippen LogP contribution in [0.15, 0.2) is 42.5 Å². The number of aliphatic hydroxyl groups is 3. The molecule has 6 nitrogen and oxygen atoms in total. The van der Waals surface area contributed by atoms with Gasteiger partial charge >= 0.3 is 0 Å². The Morgan fingerprint density at radius 3 is 2.45 bits per heavy atom. The number of hydrogen-bond acceptors (Lipinski definition) is 6. The van der Waals surface area contributed by atoms with E-state index in [2.05, 4.69) is 24.0 Å². The van der Waals surface area contributed by atoms with Crippen molar-refractivity contribution in [2.75, 3.05) is 44.2 Å². The van der Waals surface area contributed by atoms with E-state index in [1.165, 1.54) is 17.3 Å². The summed E-state index contributed by atoms with van der Waals surface area (Å²) >= 11 is 0. The van der Waals surface area contributed by atoms with Crippen LogP contribution in [0.5, 0.6) is 5.75 Å². The Balaban J connectivity index is 1.34. The smallest absolute Gasteiger partial charge is 0.162 e. The van der Waals surface area contributed by atoms with Crippen molar-refractivity contribution < 1.29 is 28.8 Å². The Hall–Kier alpha value is -2.26. The molecule has 2 fully saturated rings. The lowest BCUT2D eigenvalue weighted by Crippen LogP contribution is -2.62. The monoisotopic (exact) mass is 462 g/mol. The molecule has 180 valence electrons. The van der Waals surface area contributed by atoms with Crippen LogP contribution in [-0.4, -0.2) is 76.9 Å². The number of rotatable bonds is 6. The van der Waals surface area contributed by atoms with Gasteiger partial charge in [-0.25, -0.2) is 8.78 Å². The van der Waals surface area contributed by atoms with E-state index < -0.39 is 28.9 Å². The Bertz CT molecular complexity index is 967. The van der Waals surface area contributed by atoms with E-state index >= 15 is 0 Å². The van der Waals surface area contributed by atoms with Crippen molar-refractivity contribution >= 4 is 5.69 Å². The van der Waals surface area contributed by atoms with Crippen LogP contribution >= 0.6 is 0 Å². The molecular formula is C25H32F2N2O4. The van der Waals surface area contributed by atoms with E-state index in [-0.39, 0.29) is 18.9 Å². The standard InChI is InChI=1S/C25H32F2N2O4/c1-18-4-2-3-5-22(18)29-12-9-24(31,10-13-29)15-28-11-8-23(30)25(32,16-28)17-33-19-6-7-20(26)21(27)14-19/h2-7,14,23,30-32H,8-13,15-17H2,1H3/t23-,25-/m0/s1. The van der Waals surface area contributed by atoms with E-state index in [9.17, 15) is 24.1 Å². The van der Waals surface area contributed by atoms with Crippen LogP contribution in [0, 0.1) is 18.6 Å². The third-order valence-corrected chi connectivity index (χ3v) is 6.88. The van der Waals surface area contributed by atoms with E-state index in [1.54, 1.807) is 0 Å². The zero-order valence-electron chi connectivity index (χ0n) is 18.9. The molecule has 0 spiro atoms. The maximum Gasteiger partial charge on any atom is 0.162 e. The molecule has 2 aromatic carbocycles. The van der Waals surface area contributed by atoms with Gasteiger partial charge in [0.1, 0.15) is 18.0 Å². The molecule has 2 aliphatic heterocycles. The number of aryl methyl sites for hydroxylation is 1. The number of halogens is 2. The molecule has 2 heterocycles. The number of piperidine rings is 2. The summed E-state index contributed by atoms with van der Waals surface area (Å²) in [6, 6.07) is 11.4. The van der Waals surface area contributed by atoms with Gasteiger partial charge in [0.15, 0.2) is 11.6 Å². The van der Waals surface area contributed by atoms with Crippen LogP contribution in [0.2, 0.25) is 0 Å². The molecule has 0 aromatic heterocycles. The molecule has 0 radical (unpaired) electrons. The first-order valence-corrected chi connectivity index (χ1v) is 11.4. The molecule has 2 aliphatic rings. The van der Waals surface area contributed by atoms with Gasteiger partial charge in [-0.3, -0.25) is 4.90 Å². The molecule has 3 N–H and O–H groups in total. The fraction of sp³-hybridized carbons (Fsp3) is 0.520. The highest BCUT2D eigenvalue weighted by molar-refractivity contribution is 5.53. The second-order valence-electron chi connectivity index (χ2n) is 9.48. The van der Waals surface area contributed by atoms with Crippen molar-refractivity contribution in [1.29, 1.82) is 0 Å². The molecule has 0 saturated carbocycles. The summed E-state index contributed by atoms with van der Waals surface area (Å²) in [5.74, 6) is -1.94. The number of ether oxygens (including phenoxy) is 1. The van der Waals surface area contributed by atoms with Crippen LogP contribution in [0.1, 0.15) is 24.8 Å². The molecule has 33 heavy (non-hydrogen) atoms. The minimum absolute atomic E-state index is 0.0776. The molecular weight excluding hydrogens is 430 g/mol. The summed E-state index contributed by atoms with van der Waals surface area (Å²) in [7, 11) is 0. The van der Waals surface area contributed by atoms with Crippen molar-refractivity contribution in [3.63, 3.8) is 0 Å². The largest absolute Gasteiger partial charge is 0.490 e. The minimum Gasteiger partial charge on any atom is -0.490 e. The van der Waals surface area contributed by atoms with Crippen molar-refractivity contribution in [1.82, 2.24) is 4.90 Å². The van der Waals surface area contributed by atoms with Crippen molar-refractivity contribution in [3.05, 3.63) is 59.7 Å². The molecule has 8 heteroatoms. The lowest BCUT2D eigenvalue weighted by atomic mass is 9.86. The molecule has 2 aromatic rings. The van der Waals surface area contributed by atoms with Gasteiger partial charge in [0, 0.05) is 44.5 Å². The Morgan fingerprint density at radius 2 is 1.76 bits per heavy atom. The predicted octanol–water partition coefficient (Wildman–Crippen LogP) is 2.48. The van der Waals surface area contributed by atoms with Gasteiger partial charge in [0.05, 0.1) is 11.7 Å². The second kappa shape index (κ2) is 9.54. The fourth-order valence-electron chi connectivity index (χ4n) is 4.85. The molecule has 4 rings (SSSR count). The molecule has 2 saturated heterocycles. The summed E-state index contributed by atoms with van der Waals surface area (Å²) in [5, 5.41) is 32.7. The maximum absolute atomic E-state index is 13.4. The Morgan fingerprint density at radius 1 is 1.03 bits per heavy atom. The normalized spacial score (nSPS) is 25.8. The SMILES string of the molecule is Cc1ccccc1N1CCC(O)(CN2CC[C@H](O)[C@@](O)(COc3ccc(F)c(F)c3)C2)CC1. The zero-order valence-corrected chi connectivity index (χ0v) is 18.9. The number of hydrogen-bond donors (Lipinski definition) is 3. The summed E-state index contributed by atoms with van der Waals surface area (Å²) in [4.78, 5) is 4.24. The number of likely N-dealkylation sites (tertiary alicyclic amines) is 1. The number of β-amino-alcohol motifs (C(OH)–C–C–N with tert-alkyl or cyclic N) is 2.